The fraction of sp³-hybridized carbons (Fsp3) is 0.444. The van der Waals surface area contributed by atoms with E-state index in [0.29, 0.717) is 16.4 Å². The van der Waals surface area contributed by atoms with Crippen molar-refractivity contribution < 1.29 is 23.5 Å². The van der Waals surface area contributed by atoms with Gasteiger partial charge in [-0.15, -0.1) is 11.8 Å². The summed E-state index contributed by atoms with van der Waals surface area (Å²) in [7, 11) is 0. The summed E-state index contributed by atoms with van der Waals surface area (Å²) in [6, 6.07) is 12.2. The molecule has 0 saturated heterocycles. The number of benzene rings is 2. The van der Waals surface area contributed by atoms with Crippen LogP contribution in [-0.2, 0) is 9.53 Å². The Morgan fingerprint density at radius 1 is 1.06 bits per heavy atom. The maximum atomic E-state index is 13.1. The largest absolute Gasteiger partial charge is 0.451 e. The minimum absolute atomic E-state index is 0.0525. The number of esters is 1. The molecular formula is C27H30FNO4S. The predicted octanol–water partition coefficient (Wildman–Crippen LogP) is 5.29. The van der Waals surface area contributed by atoms with Crippen LogP contribution in [0.4, 0.5) is 4.39 Å². The van der Waals surface area contributed by atoms with E-state index in [1.54, 1.807) is 24.3 Å². The number of Topliss-reactive ketones (excluding diaryl/α,β-unsaturated/α-hetero) is 1. The number of ketones is 1. The van der Waals surface area contributed by atoms with Crippen LogP contribution in [0.3, 0.4) is 0 Å². The Morgan fingerprint density at radius 3 is 2.47 bits per heavy atom. The van der Waals surface area contributed by atoms with Crippen molar-refractivity contribution in [2.75, 3.05) is 5.75 Å². The highest BCUT2D eigenvalue weighted by Gasteiger charge is 2.42. The molecule has 5 atom stereocenters. The van der Waals surface area contributed by atoms with Gasteiger partial charge in [-0.3, -0.25) is 9.59 Å². The van der Waals surface area contributed by atoms with E-state index in [0.717, 1.165) is 11.8 Å². The quantitative estimate of drug-likeness (QED) is 0.298. The van der Waals surface area contributed by atoms with Gasteiger partial charge in [0.15, 0.2) is 6.10 Å². The Morgan fingerprint density at radius 2 is 1.79 bits per heavy atom. The zero-order chi connectivity index (χ0) is 24.2. The molecule has 2 saturated carbocycles. The van der Waals surface area contributed by atoms with Gasteiger partial charge < -0.3 is 10.1 Å². The summed E-state index contributed by atoms with van der Waals surface area (Å²) in [5.41, 5.74) is 0.575. The number of halogens is 1. The van der Waals surface area contributed by atoms with E-state index >= 15 is 0 Å². The lowest BCUT2D eigenvalue weighted by atomic mass is 9.84. The Labute approximate surface area is 203 Å². The molecule has 34 heavy (non-hydrogen) atoms. The smallest absolute Gasteiger partial charge is 0.339 e. The van der Waals surface area contributed by atoms with E-state index in [1.807, 2.05) is 0 Å². The number of amides is 1. The normalized spacial score (nSPS) is 22.7. The van der Waals surface area contributed by atoms with Gasteiger partial charge >= 0.3 is 5.97 Å². The molecule has 0 aromatic heterocycles. The summed E-state index contributed by atoms with van der Waals surface area (Å²) in [5, 5.41) is 3.15. The molecule has 2 fully saturated rings. The average Bonchev–Trinajstić information content (AvgIpc) is 3.47. The van der Waals surface area contributed by atoms with Crippen LogP contribution >= 0.6 is 11.8 Å². The lowest BCUT2D eigenvalue weighted by Crippen LogP contribution is -2.40. The standard InChI is InChI=1S/C27H30FNO4S/c1-16(23-14-18-7-8-20(23)13-18)29-25(30)15-34-24-6-4-3-5-22(24)27(32)33-17(2)26(31)19-9-11-21(28)12-10-19/h3-6,9-12,16-18,20,23H,7-8,13-15H2,1-2H3,(H,29,30)/t16-,17+,18-,20-,23+/m1/s1. The maximum absolute atomic E-state index is 13.1. The number of ether oxygens (including phenoxy) is 1. The first kappa shape index (κ1) is 24.5. The molecule has 1 N–H and O–H groups in total. The summed E-state index contributed by atoms with van der Waals surface area (Å²) in [6.45, 7) is 3.59. The molecule has 2 aliphatic carbocycles. The SMILES string of the molecule is C[C@H](OC(=O)c1ccccc1SCC(=O)N[C@H](C)[C@@H]1C[C@@H]2CC[C@@H]1C2)C(=O)c1ccc(F)cc1. The highest BCUT2D eigenvalue weighted by Crippen LogP contribution is 2.49. The Balaban J connectivity index is 1.32. The second kappa shape index (κ2) is 10.7. The molecule has 7 heteroatoms. The van der Waals surface area contributed by atoms with Crippen LogP contribution in [0.1, 0.15) is 60.2 Å². The molecule has 2 aromatic carbocycles. The van der Waals surface area contributed by atoms with Gasteiger partial charge in [-0.25, -0.2) is 9.18 Å². The van der Waals surface area contributed by atoms with Gasteiger partial charge in [0, 0.05) is 16.5 Å². The number of thioether (sulfide) groups is 1. The number of carbonyl (C=O) groups excluding carboxylic acids is 3. The fourth-order valence-electron chi connectivity index (χ4n) is 5.34. The van der Waals surface area contributed by atoms with E-state index in [2.05, 4.69) is 12.2 Å². The molecule has 2 aliphatic rings. The second-order valence-corrected chi connectivity index (χ2v) is 10.4. The molecule has 0 aliphatic heterocycles. The van der Waals surface area contributed by atoms with Gasteiger partial charge in [0.2, 0.25) is 11.7 Å². The molecule has 5 nitrogen and oxygen atoms in total. The Bertz CT molecular complexity index is 1060. The molecule has 2 bridgehead atoms. The zero-order valence-electron chi connectivity index (χ0n) is 19.5. The highest BCUT2D eigenvalue weighted by atomic mass is 32.2. The van der Waals surface area contributed by atoms with Gasteiger partial charge in [-0.1, -0.05) is 18.6 Å². The van der Waals surface area contributed by atoms with Crippen LogP contribution in [0.5, 0.6) is 0 Å². The van der Waals surface area contributed by atoms with Gasteiger partial charge in [-0.05, 0) is 87.3 Å². The summed E-state index contributed by atoms with van der Waals surface area (Å²) in [4.78, 5) is 38.5. The Hall–Kier alpha value is -2.67. The summed E-state index contributed by atoms with van der Waals surface area (Å²) in [5.74, 6) is 0.787. The van der Waals surface area contributed by atoms with Crippen molar-refractivity contribution >= 4 is 29.4 Å². The summed E-state index contributed by atoms with van der Waals surface area (Å²) in [6.07, 6.45) is 4.10. The summed E-state index contributed by atoms with van der Waals surface area (Å²) >= 11 is 1.28. The first-order valence-electron chi connectivity index (χ1n) is 11.8. The molecule has 0 radical (unpaired) electrons. The van der Waals surface area contributed by atoms with Crippen LogP contribution in [0, 0.1) is 23.6 Å². The van der Waals surface area contributed by atoms with Gasteiger partial charge in [0.1, 0.15) is 5.82 Å². The topological polar surface area (TPSA) is 72.5 Å². The van der Waals surface area contributed by atoms with Crippen LogP contribution in [0.2, 0.25) is 0 Å². The van der Waals surface area contributed by atoms with Crippen LogP contribution in [0.15, 0.2) is 53.4 Å². The summed E-state index contributed by atoms with van der Waals surface area (Å²) < 4.78 is 18.5. The van der Waals surface area contributed by atoms with Crippen molar-refractivity contribution in [1.82, 2.24) is 5.32 Å². The van der Waals surface area contributed by atoms with Crippen LogP contribution in [0.25, 0.3) is 0 Å². The molecule has 0 heterocycles. The maximum Gasteiger partial charge on any atom is 0.339 e. The van der Waals surface area contributed by atoms with E-state index in [1.165, 1.54) is 68.6 Å². The van der Waals surface area contributed by atoms with Crippen molar-refractivity contribution in [3.05, 3.63) is 65.5 Å². The van der Waals surface area contributed by atoms with Gasteiger partial charge in [0.05, 0.1) is 11.3 Å². The van der Waals surface area contributed by atoms with Crippen molar-refractivity contribution in [1.29, 1.82) is 0 Å². The van der Waals surface area contributed by atoms with Crippen LogP contribution in [-0.4, -0.2) is 35.6 Å². The molecule has 4 rings (SSSR count). The van der Waals surface area contributed by atoms with E-state index in [4.69, 9.17) is 4.74 Å². The van der Waals surface area contributed by atoms with Gasteiger partial charge in [0.25, 0.3) is 0 Å². The third kappa shape index (κ3) is 5.69. The van der Waals surface area contributed by atoms with E-state index in [9.17, 15) is 18.8 Å². The minimum Gasteiger partial charge on any atom is -0.451 e. The molecule has 180 valence electrons. The van der Waals surface area contributed by atoms with Gasteiger partial charge in [-0.2, -0.15) is 0 Å². The highest BCUT2D eigenvalue weighted by molar-refractivity contribution is 8.00. The zero-order valence-corrected chi connectivity index (χ0v) is 20.3. The first-order chi connectivity index (χ1) is 16.3. The second-order valence-electron chi connectivity index (χ2n) is 9.40. The number of nitrogens with one attached hydrogen (secondary N) is 1. The number of carbonyl (C=O) groups is 3. The molecule has 1 amide bonds. The average molecular weight is 484 g/mol. The lowest BCUT2D eigenvalue weighted by Gasteiger charge is -2.28. The van der Waals surface area contributed by atoms with Crippen molar-refractivity contribution in [2.24, 2.45) is 17.8 Å². The number of rotatable bonds is 9. The van der Waals surface area contributed by atoms with Crippen molar-refractivity contribution in [3.8, 4) is 0 Å². The first-order valence-corrected chi connectivity index (χ1v) is 12.8. The number of hydrogen-bond acceptors (Lipinski definition) is 5. The Kier molecular flexibility index (Phi) is 7.71. The monoisotopic (exact) mass is 483 g/mol. The van der Waals surface area contributed by atoms with Crippen molar-refractivity contribution in [3.63, 3.8) is 0 Å². The fourth-order valence-corrected chi connectivity index (χ4v) is 6.19. The van der Waals surface area contributed by atoms with Crippen molar-refractivity contribution in [2.45, 2.75) is 56.6 Å². The van der Waals surface area contributed by atoms with E-state index in [-0.39, 0.29) is 23.3 Å². The minimum atomic E-state index is -1.03. The molecular weight excluding hydrogens is 453 g/mol. The predicted molar refractivity (Wildman–Crippen MR) is 129 cm³/mol. The molecule has 0 spiro atoms. The number of fused-ring (bicyclic) bond motifs is 2. The number of hydrogen-bond donors (Lipinski definition) is 1. The molecule has 0 unspecified atom stereocenters. The lowest BCUT2D eigenvalue weighted by molar-refractivity contribution is -0.119. The third-order valence-corrected chi connectivity index (χ3v) is 8.14. The molecule has 2 aromatic rings. The third-order valence-electron chi connectivity index (χ3n) is 7.07. The van der Waals surface area contributed by atoms with E-state index < -0.39 is 23.7 Å². The van der Waals surface area contributed by atoms with Crippen LogP contribution < -0.4 is 5.32 Å².